The predicted molar refractivity (Wildman–Crippen MR) is 96.6 cm³/mol. The van der Waals surface area contributed by atoms with E-state index in [1.165, 1.54) is 6.07 Å². The number of ether oxygens (including phenoxy) is 2. The summed E-state index contributed by atoms with van der Waals surface area (Å²) in [4.78, 5) is 16.0. The zero-order valence-corrected chi connectivity index (χ0v) is 14.6. The van der Waals surface area contributed by atoms with Gasteiger partial charge in [0.15, 0.2) is 11.5 Å². The van der Waals surface area contributed by atoms with Gasteiger partial charge in [-0.3, -0.25) is 0 Å². The fraction of sp³-hybridized carbons (Fsp3) is 0.316. The van der Waals surface area contributed by atoms with Gasteiger partial charge in [-0.2, -0.15) is 0 Å². The Kier molecular flexibility index (Phi) is 4.70. The normalized spacial score (nSPS) is 16.2. The highest BCUT2D eigenvalue weighted by Gasteiger charge is 2.24. The van der Waals surface area contributed by atoms with Crippen molar-refractivity contribution in [2.45, 2.75) is 0 Å². The quantitative estimate of drug-likeness (QED) is 0.877. The second-order valence-electron chi connectivity index (χ2n) is 6.33. The summed E-state index contributed by atoms with van der Waals surface area (Å²) in [5.41, 5.74) is 0.566. The average molecular weight is 375 g/mol. The van der Waals surface area contributed by atoms with E-state index in [1.54, 1.807) is 4.90 Å². The fourth-order valence-corrected chi connectivity index (χ4v) is 3.20. The standard InChI is InChI=1S/C19H19F2N3O3/c20-14-2-1-3-15(21)18(14)22-19(25)24-8-6-23(7-9-24)13-4-5-16-17(12-13)27-11-10-26-16/h1-5,12H,6-11H2,(H,22,25). The van der Waals surface area contributed by atoms with Gasteiger partial charge in [0.2, 0.25) is 0 Å². The lowest BCUT2D eigenvalue weighted by molar-refractivity contribution is 0.171. The molecule has 1 saturated heterocycles. The first kappa shape index (κ1) is 17.4. The minimum Gasteiger partial charge on any atom is -0.486 e. The first-order chi connectivity index (χ1) is 13.1. The van der Waals surface area contributed by atoms with Gasteiger partial charge in [0.05, 0.1) is 0 Å². The van der Waals surface area contributed by atoms with Crippen molar-refractivity contribution in [1.29, 1.82) is 0 Å². The van der Waals surface area contributed by atoms with E-state index in [0.717, 1.165) is 23.6 Å². The molecule has 2 heterocycles. The Morgan fingerprint density at radius 1 is 0.926 bits per heavy atom. The van der Waals surface area contributed by atoms with Crippen LogP contribution in [0.2, 0.25) is 0 Å². The van der Waals surface area contributed by atoms with E-state index in [-0.39, 0.29) is 0 Å². The number of nitrogens with one attached hydrogen (secondary N) is 1. The number of fused-ring (bicyclic) bond motifs is 1. The van der Waals surface area contributed by atoms with Gasteiger partial charge in [0, 0.05) is 37.9 Å². The van der Waals surface area contributed by atoms with Gasteiger partial charge in [-0.15, -0.1) is 0 Å². The third-order valence-electron chi connectivity index (χ3n) is 4.65. The average Bonchev–Trinajstić information content (AvgIpc) is 2.70. The molecule has 0 bridgehead atoms. The Labute approximate surface area is 155 Å². The third kappa shape index (κ3) is 3.60. The summed E-state index contributed by atoms with van der Waals surface area (Å²) in [6, 6.07) is 8.73. The first-order valence-electron chi connectivity index (χ1n) is 8.76. The molecule has 2 aromatic carbocycles. The molecule has 4 rings (SSSR count). The number of amides is 2. The van der Waals surface area contributed by atoms with Gasteiger partial charge in [-0.25, -0.2) is 13.6 Å². The maximum atomic E-state index is 13.7. The molecular weight excluding hydrogens is 356 g/mol. The molecule has 27 heavy (non-hydrogen) atoms. The SMILES string of the molecule is O=C(Nc1c(F)cccc1F)N1CCN(c2ccc3c(c2)OCCO3)CC1. The number of anilines is 2. The van der Waals surface area contributed by atoms with Crippen molar-refractivity contribution < 1.29 is 23.0 Å². The number of nitrogens with zero attached hydrogens (tertiary/aromatic N) is 2. The van der Waals surface area contributed by atoms with Crippen molar-refractivity contribution in [2.75, 3.05) is 49.6 Å². The molecule has 2 aliphatic heterocycles. The van der Waals surface area contributed by atoms with Crippen LogP contribution in [-0.2, 0) is 0 Å². The van der Waals surface area contributed by atoms with E-state index >= 15 is 0 Å². The Bertz CT molecular complexity index is 834. The Morgan fingerprint density at radius 3 is 2.30 bits per heavy atom. The fourth-order valence-electron chi connectivity index (χ4n) is 3.20. The summed E-state index contributed by atoms with van der Waals surface area (Å²) in [7, 11) is 0. The second kappa shape index (κ2) is 7.30. The molecule has 2 amide bonds. The highest BCUT2D eigenvalue weighted by atomic mass is 19.1. The van der Waals surface area contributed by atoms with E-state index in [9.17, 15) is 13.6 Å². The number of rotatable bonds is 2. The molecule has 142 valence electrons. The van der Waals surface area contributed by atoms with Crippen LogP contribution in [0.5, 0.6) is 11.5 Å². The van der Waals surface area contributed by atoms with Crippen LogP contribution in [0.1, 0.15) is 0 Å². The summed E-state index contributed by atoms with van der Waals surface area (Å²) in [6.45, 7) is 3.16. The Hall–Kier alpha value is -3.03. The summed E-state index contributed by atoms with van der Waals surface area (Å²) >= 11 is 0. The molecule has 0 saturated carbocycles. The molecule has 0 atom stereocenters. The molecule has 0 spiro atoms. The van der Waals surface area contributed by atoms with Crippen molar-refractivity contribution in [1.82, 2.24) is 4.90 Å². The minimum atomic E-state index is -0.793. The lowest BCUT2D eigenvalue weighted by Gasteiger charge is -2.36. The zero-order valence-electron chi connectivity index (χ0n) is 14.6. The van der Waals surface area contributed by atoms with Gasteiger partial charge in [-0.1, -0.05) is 6.07 Å². The molecule has 8 heteroatoms. The van der Waals surface area contributed by atoms with Crippen LogP contribution >= 0.6 is 0 Å². The van der Waals surface area contributed by atoms with Gasteiger partial charge in [0.25, 0.3) is 0 Å². The molecule has 0 aliphatic carbocycles. The molecule has 2 aliphatic rings. The molecule has 1 fully saturated rings. The number of carbonyl (C=O) groups excluding carboxylic acids is 1. The molecule has 0 aromatic heterocycles. The number of halogens is 2. The smallest absolute Gasteiger partial charge is 0.322 e. The van der Waals surface area contributed by atoms with E-state index in [2.05, 4.69) is 10.2 Å². The van der Waals surface area contributed by atoms with Crippen LogP contribution in [0.4, 0.5) is 25.0 Å². The zero-order chi connectivity index (χ0) is 18.8. The third-order valence-corrected chi connectivity index (χ3v) is 4.65. The molecule has 0 radical (unpaired) electrons. The van der Waals surface area contributed by atoms with Crippen LogP contribution in [0.25, 0.3) is 0 Å². The van der Waals surface area contributed by atoms with E-state index in [0.29, 0.717) is 45.1 Å². The Balaban J connectivity index is 1.38. The topological polar surface area (TPSA) is 54.0 Å². The monoisotopic (exact) mass is 375 g/mol. The van der Waals surface area contributed by atoms with Crippen molar-refractivity contribution in [2.24, 2.45) is 0 Å². The largest absolute Gasteiger partial charge is 0.486 e. The van der Waals surface area contributed by atoms with Crippen molar-refractivity contribution in [3.05, 3.63) is 48.0 Å². The van der Waals surface area contributed by atoms with Gasteiger partial charge < -0.3 is 24.6 Å². The molecule has 2 aromatic rings. The Morgan fingerprint density at radius 2 is 1.59 bits per heavy atom. The molecule has 1 N–H and O–H groups in total. The van der Waals surface area contributed by atoms with Crippen LogP contribution in [0.3, 0.4) is 0 Å². The maximum Gasteiger partial charge on any atom is 0.322 e. The van der Waals surface area contributed by atoms with E-state index in [1.807, 2.05) is 18.2 Å². The summed E-state index contributed by atoms with van der Waals surface area (Å²) in [5, 5.41) is 2.33. The van der Waals surface area contributed by atoms with Crippen LogP contribution in [-0.4, -0.2) is 50.3 Å². The lowest BCUT2D eigenvalue weighted by Crippen LogP contribution is -2.50. The number of hydrogen-bond acceptors (Lipinski definition) is 4. The number of carbonyl (C=O) groups is 1. The highest BCUT2D eigenvalue weighted by molar-refractivity contribution is 5.89. The molecular formula is C19H19F2N3O3. The molecule has 6 nitrogen and oxygen atoms in total. The van der Waals surface area contributed by atoms with Crippen LogP contribution < -0.4 is 19.7 Å². The number of para-hydroxylation sites is 1. The first-order valence-corrected chi connectivity index (χ1v) is 8.76. The second-order valence-corrected chi connectivity index (χ2v) is 6.33. The van der Waals surface area contributed by atoms with Gasteiger partial charge >= 0.3 is 6.03 Å². The predicted octanol–water partition coefficient (Wildman–Crippen LogP) is 3.09. The lowest BCUT2D eigenvalue weighted by atomic mass is 10.2. The minimum absolute atomic E-state index is 0.420. The number of benzene rings is 2. The van der Waals surface area contributed by atoms with Crippen LogP contribution in [0.15, 0.2) is 36.4 Å². The van der Waals surface area contributed by atoms with Crippen molar-refractivity contribution >= 4 is 17.4 Å². The highest BCUT2D eigenvalue weighted by Crippen LogP contribution is 2.34. The van der Waals surface area contributed by atoms with E-state index in [4.69, 9.17) is 9.47 Å². The van der Waals surface area contributed by atoms with Gasteiger partial charge in [-0.05, 0) is 24.3 Å². The maximum absolute atomic E-state index is 13.7. The number of piperazine rings is 1. The molecule has 0 unspecified atom stereocenters. The van der Waals surface area contributed by atoms with Gasteiger partial charge in [0.1, 0.15) is 30.5 Å². The number of urea groups is 1. The summed E-state index contributed by atoms with van der Waals surface area (Å²) in [5.74, 6) is -0.139. The summed E-state index contributed by atoms with van der Waals surface area (Å²) in [6.07, 6.45) is 0. The summed E-state index contributed by atoms with van der Waals surface area (Å²) < 4.78 is 38.5. The number of hydrogen-bond donors (Lipinski definition) is 1. The van der Waals surface area contributed by atoms with Crippen molar-refractivity contribution in [3.63, 3.8) is 0 Å². The van der Waals surface area contributed by atoms with Crippen LogP contribution in [0, 0.1) is 11.6 Å². The van der Waals surface area contributed by atoms with E-state index < -0.39 is 23.4 Å². The van der Waals surface area contributed by atoms with Crippen molar-refractivity contribution in [3.8, 4) is 11.5 Å².